The number of hydrogen-bond donors (Lipinski definition) is 2. The molecule has 1 aromatic carbocycles. The van der Waals surface area contributed by atoms with Crippen LogP contribution in [0.1, 0.15) is 45.6 Å². The summed E-state index contributed by atoms with van der Waals surface area (Å²) in [6.45, 7) is 7.53. The lowest BCUT2D eigenvalue weighted by molar-refractivity contribution is 0.300. The Kier molecular flexibility index (Phi) is 6.54. The van der Waals surface area contributed by atoms with E-state index >= 15 is 0 Å². The summed E-state index contributed by atoms with van der Waals surface area (Å²) >= 11 is 0. The maximum Gasteiger partial charge on any atom is 0.115 e. The monoisotopic (exact) mass is 274 g/mol. The Hall–Kier alpha value is -1.53. The van der Waals surface area contributed by atoms with Gasteiger partial charge in [0.2, 0.25) is 0 Å². The van der Waals surface area contributed by atoms with Crippen molar-refractivity contribution < 1.29 is 5.11 Å². The quantitative estimate of drug-likeness (QED) is 0.761. The van der Waals surface area contributed by atoms with Crippen LogP contribution in [0.25, 0.3) is 0 Å². The summed E-state index contributed by atoms with van der Waals surface area (Å²) in [5, 5.41) is 21.4. The predicted octanol–water partition coefficient (Wildman–Crippen LogP) is 3.63. The van der Waals surface area contributed by atoms with E-state index in [1.165, 1.54) is 5.56 Å². The molecule has 0 fully saturated rings. The molecule has 3 heteroatoms. The first kappa shape index (κ1) is 16.5. The van der Waals surface area contributed by atoms with Gasteiger partial charge >= 0.3 is 0 Å². The maximum atomic E-state index is 9.24. The Labute approximate surface area is 122 Å². The lowest BCUT2D eigenvalue weighted by Gasteiger charge is -2.26. The summed E-state index contributed by atoms with van der Waals surface area (Å²) in [6, 6.07) is 10.1. The topological polar surface area (TPSA) is 56.0 Å². The number of aryl methyl sites for hydroxylation is 1. The van der Waals surface area contributed by atoms with E-state index in [-0.39, 0.29) is 5.41 Å². The average Bonchev–Trinajstić information content (AvgIpc) is 2.42. The highest BCUT2D eigenvalue weighted by Crippen LogP contribution is 2.21. The van der Waals surface area contributed by atoms with Gasteiger partial charge < -0.3 is 10.4 Å². The van der Waals surface area contributed by atoms with Gasteiger partial charge in [-0.2, -0.15) is 5.26 Å². The van der Waals surface area contributed by atoms with Gasteiger partial charge in [0.05, 0.1) is 6.07 Å². The van der Waals surface area contributed by atoms with Crippen LogP contribution in [0, 0.1) is 16.7 Å². The lowest BCUT2D eigenvalue weighted by Crippen LogP contribution is -2.35. The molecule has 0 aliphatic carbocycles. The highest BCUT2D eigenvalue weighted by Gasteiger charge is 2.17. The smallest absolute Gasteiger partial charge is 0.115 e. The number of nitriles is 1. The van der Waals surface area contributed by atoms with Crippen LogP contribution in [0.3, 0.4) is 0 Å². The average molecular weight is 274 g/mol. The third kappa shape index (κ3) is 6.58. The molecule has 1 unspecified atom stereocenters. The van der Waals surface area contributed by atoms with Crippen LogP contribution >= 0.6 is 0 Å². The summed E-state index contributed by atoms with van der Waals surface area (Å²) in [7, 11) is 0. The van der Waals surface area contributed by atoms with Crippen LogP contribution in [0.15, 0.2) is 24.3 Å². The Morgan fingerprint density at radius 3 is 2.55 bits per heavy atom. The van der Waals surface area contributed by atoms with Gasteiger partial charge in [-0.1, -0.05) is 26.0 Å². The van der Waals surface area contributed by atoms with Crippen LogP contribution in [-0.2, 0) is 6.42 Å². The van der Waals surface area contributed by atoms with Crippen molar-refractivity contribution in [1.82, 2.24) is 5.32 Å². The Morgan fingerprint density at radius 1 is 1.30 bits per heavy atom. The van der Waals surface area contributed by atoms with Gasteiger partial charge in [-0.05, 0) is 49.3 Å². The SMILES string of the molecule is CC(CCc1ccc(O)cc1)NCC(C)(C)CCC#N. The summed E-state index contributed by atoms with van der Waals surface area (Å²) in [5.41, 5.74) is 1.42. The van der Waals surface area contributed by atoms with Crippen LogP contribution in [-0.4, -0.2) is 17.7 Å². The minimum atomic E-state index is 0.169. The van der Waals surface area contributed by atoms with Crippen LogP contribution in [0.2, 0.25) is 0 Å². The largest absolute Gasteiger partial charge is 0.508 e. The lowest BCUT2D eigenvalue weighted by atomic mass is 9.87. The van der Waals surface area contributed by atoms with Gasteiger partial charge in [-0.15, -0.1) is 0 Å². The number of benzene rings is 1. The third-order valence-electron chi connectivity index (χ3n) is 3.65. The molecule has 0 aromatic heterocycles. The molecule has 0 aliphatic heterocycles. The Balaban J connectivity index is 2.28. The van der Waals surface area contributed by atoms with E-state index in [0.717, 1.165) is 25.8 Å². The van der Waals surface area contributed by atoms with E-state index in [9.17, 15) is 5.11 Å². The van der Waals surface area contributed by atoms with Gasteiger partial charge in [-0.3, -0.25) is 0 Å². The zero-order valence-corrected chi connectivity index (χ0v) is 12.8. The van der Waals surface area contributed by atoms with E-state index in [1.54, 1.807) is 12.1 Å². The molecule has 0 amide bonds. The molecule has 0 spiro atoms. The van der Waals surface area contributed by atoms with Crippen LogP contribution < -0.4 is 5.32 Å². The maximum absolute atomic E-state index is 9.24. The van der Waals surface area contributed by atoms with Crippen molar-refractivity contribution in [3.05, 3.63) is 29.8 Å². The zero-order chi connectivity index (χ0) is 15.0. The van der Waals surface area contributed by atoms with Crippen molar-refractivity contribution in [2.24, 2.45) is 5.41 Å². The fraction of sp³-hybridized carbons (Fsp3) is 0.588. The molecule has 2 N–H and O–H groups in total. The molecule has 1 atom stereocenters. The molecule has 20 heavy (non-hydrogen) atoms. The molecule has 110 valence electrons. The normalized spacial score (nSPS) is 12.9. The molecule has 1 aromatic rings. The molecule has 0 heterocycles. The van der Waals surface area contributed by atoms with Crippen molar-refractivity contribution in [1.29, 1.82) is 5.26 Å². The van der Waals surface area contributed by atoms with Gasteiger partial charge in [0.1, 0.15) is 5.75 Å². The molecule has 0 saturated heterocycles. The van der Waals surface area contributed by atoms with Crippen LogP contribution in [0.4, 0.5) is 0 Å². The number of phenols is 1. The van der Waals surface area contributed by atoms with Crippen molar-refractivity contribution in [3.63, 3.8) is 0 Å². The van der Waals surface area contributed by atoms with E-state index in [0.29, 0.717) is 18.2 Å². The van der Waals surface area contributed by atoms with Crippen molar-refractivity contribution in [2.75, 3.05) is 6.54 Å². The molecular weight excluding hydrogens is 248 g/mol. The fourth-order valence-corrected chi connectivity index (χ4v) is 2.08. The van der Waals surface area contributed by atoms with Gasteiger partial charge in [0.15, 0.2) is 0 Å². The Morgan fingerprint density at radius 2 is 1.95 bits per heavy atom. The summed E-state index contributed by atoms with van der Waals surface area (Å²) in [4.78, 5) is 0. The number of nitrogens with zero attached hydrogens (tertiary/aromatic N) is 1. The van der Waals surface area contributed by atoms with Gasteiger partial charge in [0, 0.05) is 19.0 Å². The first-order chi connectivity index (χ1) is 9.43. The molecule has 0 radical (unpaired) electrons. The number of phenolic OH excluding ortho intramolecular Hbond substituents is 1. The Bertz CT molecular complexity index is 431. The van der Waals surface area contributed by atoms with E-state index in [4.69, 9.17) is 5.26 Å². The third-order valence-corrected chi connectivity index (χ3v) is 3.65. The second kappa shape index (κ2) is 7.91. The highest BCUT2D eigenvalue weighted by molar-refractivity contribution is 5.25. The minimum Gasteiger partial charge on any atom is -0.508 e. The summed E-state index contributed by atoms with van der Waals surface area (Å²) in [5.74, 6) is 0.319. The minimum absolute atomic E-state index is 0.169. The molecule has 3 nitrogen and oxygen atoms in total. The second-order valence-corrected chi connectivity index (χ2v) is 6.31. The van der Waals surface area contributed by atoms with E-state index in [2.05, 4.69) is 32.2 Å². The molecule has 0 aliphatic rings. The standard InChI is InChI=1S/C17H26N2O/c1-14(19-13-17(2,3)11-4-12-18)5-6-15-7-9-16(20)10-8-15/h7-10,14,19-20H,4-6,11,13H2,1-3H3. The van der Waals surface area contributed by atoms with Crippen molar-refractivity contribution in [2.45, 2.75) is 52.5 Å². The highest BCUT2D eigenvalue weighted by atomic mass is 16.3. The van der Waals surface area contributed by atoms with Crippen LogP contribution in [0.5, 0.6) is 5.75 Å². The molecule has 0 bridgehead atoms. The number of rotatable bonds is 8. The zero-order valence-electron chi connectivity index (χ0n) is 12.8. The fourth-order valence-electron chi connectivity index (χ4n) is 2.08. The number of aromatic hydroxyl groups is 1. The molecular formula is C17H26N2O. The molecule has 1 rings (SSSR count). The molecule has 0 saturated carbocycles. The second-order valence-electron chi connectivity index (χ2n) is 6.31. The van der Waals surface area contributed by atoms with Gasteiger partial charge in [-0.25, -0.2) is 0 Å². The van der Waals surface area contributed by atoms with Gasteiger partial charge in [0.25, 0.3) is 0 Å². The first-order valence-electron chi connectivity index (χ1n) is 7.31. The summed E-state index contributed by atoms with van der Waals surface area (Å²) < 4.78 is 0. The van der Waals surface area contributed by atoms with E-state index in [1.807, 2.05) is 12.1 Å². The number of nitrogens with one attached hydrogen (secondary N) is 1. The van der Waals surface area contributed by atoms with E-state index < -0.39 is 0 Å². The number of hydrogen-bond acceptors (Lipinski definition) is 3. The predicted molar refractivity (Wildman–Crippen MR) is 82.5 cm³/mol. The van der Waals surface area contributed by atoms with Crippen molar-refractivity contribution >= 4 is 0 Å². The summed E-state index contributed by atoms with van der Waals surface area (Å²) in [6.07, 6.45) is 3.63. The van der Waals surface area contributed by atoms with Crippen molar-refractivity contribution in [3.8, 4) is 11.8 Å². The first-order valence-corrected chi connectivity index (χ1v) is 7.31.